The van der Waals surface area contributed by atoms with Crippen LogP contribution in [0.4, 0.5) is 0 Å². The van der Waals surface area contributed by atoms with Crippen molar-refractivity contribution in [3.63, 3.8) is 0 Å². The van der Waals surface area contributed by atoms with Crippen LogP contribution < -0.4 is 0 Å². The number of nitrogens with one attached hydrogen (secondary N) is 1. The highest BCUT2D eigenvalue weighted by atomic mass is 16.5. The number of H-pyrrole nitrogens is 1. The Morgan fingerprint density at radius 1 is 1.19 bits per heavy atom. The van der Waals surface area contributed by atoms with Gasteiger partial charge >= 0.3 is 0 Å². The molecule has 2 aliphatic heterocycles. The van der Waals surface area contributed by atoms with E-state index >= 15 is 0 Å². The summed E-state index contributed by atoms with van der Waals surface area (Å²) in [7, 11) is 0. The molecule has 1 unspecified atom stereocenters. The molecule has 1 N–H and O–H groups in total. The zero-order valence-corrected chi connectivity index (χ0v) is 17.7. The molecular weight excluding hydrogens is 392 g/mol. The summed E-state index contributed by atoms with van der Waals surface area (Å²) in [6.07, 6.45) is 8.92. The van der Waals surface area contributed by atoms with Gasteiger partial charge in [-0.3, -0.25) is 4.79 Å². The highest BCUT2D eigenvalue weighted by molar-refractivity contribution is 6.06. The predicted molar refractivity (Wildman–Crippen MR) is 115 cm³/mol. The van der Waals surface area contributed by atoms with Crippen molar-refractivity contribution in [1.82, 2.24) is 20.0 Å². The first-order valence-electron chi connectivity index (χ1n) is 11.5. The molecule has 1 saturated carbocycles. The average molecular weight is 421 g/mol. The molecule has 2 saturated heterocycles. The quantitative estimate of drug-likeness (QED) is 0.688. The van der Waals surface area contributed by atoms with E-state index in [1.165, 1.54) is 12.8 Å². The zero-order chi connectivity index (χ0) is 20.8. The van der Waals surface area contributed by atoms with Crippen LogP contribution in [0.3, 0.4) is 0 Å². The molecule has 1 amide bonds. The van der Waals surface area contributed by atoms with Gasteiger partial charge in [0.2, 0.25) is 5.89 Å². The van der Waals surface area contributed by atoms with Crippen molar-refractivity contribution < 1.29 is 14.1 Å². The van der Waals surface area contributed by atoms with Crippen LogP contribution in [0.5, 0.6) is 0 Å². The lowest BCUT2D eigenvalue weighted by atomic mass is 9.78. The Balaban J connectivity index is 1.10. The molecular formula is C24H28N4O3. The normalized spacial score (nSPS) is 23.5. The van der Waals surface area contributed by atoms with Crippen LogP contribution >= 0.6 is 0 Å². The van der Waals surface area contributed by atoms with Gasteiger partial charge in [-0.15, -0.1) is 0 Å². The molecule has 1 atom stereocenters. The van der Waals surface area contributed by atoms with Gasteiger partial charge in [0, 0.05) is 54.7 Å². The van der Waals surface area contributed by atoms with Crippen molar-refractivity contribution in [1.29, 1.82) is 0 Å². The highest BCUT2D eigenvalue weighted by Crippen LogP contribution is 2.41. The van der Waals surface area contributed by atoms with Crippen molar-refractivity contribution in [3.05, 3.63) is 47.7 Å². The van der Waals surface area contributed by atoms with Crippen LogP contribution in [0.2, 0.25) is 0 Å². The molecule has 3 aliphatic rings. The van der Waals surface area contributed by atoms with Gasteiger partial charge in [-0.2, -0.15) is 4.98 Å². The van der Waals surface area contributed by atoms with Crippen LogP contribution in [0.15, 0.2) is 35.0 Å². The Labute approximate surface area is 181 Å². The SMILES string of the molecule is O=C(c1cccc2[nH]ccc12)N1CCC2(CC1)CC(Cc1noc(C3CC3)n1)CCO2. The Morgan fingerprint density at radius 3 is 2.90 bits per heavy atom. The van der Waals surface area contributed by atoms with Gasteiger partial charge < -0.3 is 19.1 Å². The predicted octanol–water partition coefficient (Wildman–Crippen LogP) is 4.07. The standard InChI is InChI=1S/C24H28N4O3/c29-23(19-2-1-3-20-18(19)6-10-25-20)28-11-8-24(9-12-28)15-16(7-13-30-24)14-21-26-22(31-27-21)17-4-5-17/h1-3,6,10,16-17,25H,4-5,7-9,11-15H2. The third-order valence-electron chi connectivity index (χ3n) is 7.26. The number of ether oxygens (including phenoxy) is 1. The fraction of sp³-hybridized carbons (Fsp3) is 0.542. The monoisotopic (exact) mass is 420 g/mol. The number of amides is 1. The van der Waals surface area contributed by atoms with Crippen molar-refractivity contribution in [3.8, 4) is 0 Å². The number of rotatable bonds is 4. The van der Waals surface area contributed by atoms with E-state index in [4.69, 9.17) is 9.26 Å². The Morgan fingerprint density at radius 2 is 2.06 bits per heavy atom. The minimum absolute atomic E-state index is 0.117. The average Bonchev–Trinajstić information content (AvgIpc) is 3.34. The van der Waals surface area contributed by atoms with Gasteiger partial charge in [0.25, 0.3) is 5.91 Å². The summed E-state index contributed by atoms with van der Waals surface area (Å²) < 4.78 is 11.7. The lowest BCUT2D eigenvalue weighted by molar-refractivity contribution is -0.123. The van der Waals surface area contributed by atoms with E-state index in [2.05, 4.69) is 15.1 Å². The lowest BCUT2D eigenvalue weighted by Gasteiger charge is -2.46. The van der Waals surface area contributed by atoms with Crippen molar-refractivity contribution >= 4 is 16.8 Å². The molecule has 7 nitrogen and oxygen atoms in total. The third kappa shape index (κ3) is 3.65. The molecule has 6 rings (SSSR count). The first-order valence-corrected chi connectivity index (χ1v) is 11.5. The van der Waals surface area contributed by atoms with Crippen LogP contribution in [0.1, 0.15) is 66.5 Å². The van der Waals surface area contributed by atoms with Crippen LogP contribution in [-0.2, 0) is 11.2 Å². The number of aromatic amines is 1. The number of hydrogen-bond donors (Lipinski definition) is 1. The summed E-state index contributed by atoms with van der Waals surface area (Å²) in [5.74, 6) is 2.79. The first-order chi connectivity index (χ1) is 15.2. The maximum absolute atomic E-state index is 13.2. The van der Waals surface area contributed by atoms with Gasteiger partial charge in [0.1, 0.15) is 0 Å². The molecule has 31 heavy (non-hydrogen) atoms. The highest BCUT2D eigenvalue weighted by Gasteiger charge is 2.41. The molecule has 1 aromatic carbocycles. The summed E-state index contributed by atoms with van der Waals surface area (Å²) in [5.41, 5.74) is 1.66. The second-order valence-corrected chi connectivity index (χ2v) is 9.45. The Kier molecular flexibility index (Phi) is 4.60. The zero-order valence-electron chi connectivity index (χ0n) is 17.7. The van der Waals surface area contributed by atoms with Crippen molar-refractivity contribution in [2.24, 2.45) is 5.92 Å². The second-order valence-electron chi connectivity index (χ2n) is 9.45. The molecule has 3 fully saturated rings. The van der Waals surface area contributed by atoms with Gasteiger partial charge in [-0.1, -0.05) is 11.2 Å². The third-order valence-corrected chi connectivity index (χ3v) is 7.26. The van der Waals surface area contributed by atoms with E-state index in [9.17, 15) is 4.79 Å². The number of nitrogens with zero attached hydrogens (tertiary/aromatic N) is 3. The topological polar surface area (TPSA) is 84.3 Å². The maximum Gasteiger partial charge on any atom is 0.254 e. The summed E-state index contributed by atoms with van der Waals surface area (Å²) in [4.78, 5) is 23.0. The van der Waals surface area contributed by atoms with Crippen LogP contribution in [0, 0.1) is 5.92 Å². The van der Waals surface area contributed by atoms with Crippen molar-refractivity contribution in [2.45, 2.75) is 56.5 Å². The number of fused-ring (bicyclic) bond motifs is 1. The largest absolute Gasteiger partial charge is 0.375 e. The van der Waals surface area contributed by atoms with Gasteiger partial charge in [0.15, 0.2) is 5.82 Å². The van der Waals surface area contributed by atoms with Gasteiger partial charge in [-0.05, 0) is 62.6 Å². The molecule has 1 spiro atoms. The number of piperidine rings is 1. The van der Waals surface area contributed by atoms with Gasteiger partial charge in [-0.25, -0.2) is 0 Å². The fourth-order valence-electron chi connectivity index (χ4n) is 5.32. The van der Waals surface area contributed by atoms with Crippen LogP contribution in [-0.4, -0.2) is 51.2 Å². The maximum atomic E-state index is 13.2. The van der Waals surface area contributed by atoms with Crippen molar-refractivity contribution in [2.75, 3.05) is 19.7 Å². The van der Waals surface area contributed by atoms with E-state index in [0.717, 1.165) is 80.0 Å². The smallest absolute Gasteiger partial charge is 0.254 e. The number of aromatic nitrogens is 3. The van der Waals surface area contributed by atoms with E-state index in [1.54, 1.807) is 0 Å². The molecule has 2 aromatic heterocycles. The number of hydrogen-bond acceptors (Lipinski definition) is 5. The Hall–Kier alpha value is -2.67. The number of benzene rings is 1. The second kappa shape index (κ2) is 7.48. The first kappa shape index (κ1) is 19.0. The molecule has 0 radical (unpaired) electrons. The summed E-state index contributed by atoms with van der Waals surface area (Å²) in [5, 5.41) is 5.20. The van der Waals surface area contributed by atoms with E-state index < -0.39 is 0 Å². The fourth-order valence-corrected chi connectivity index (χ4v) is 5.32. The van der Waals surface area contributed by atoms with E-state index in [-0.39, 0.29) is 11.5 Å². The molecule has 1 aliphatic carbocycles. The number of carbonyl (C=O) groups is 1. The molecule has 3 aromatic rings. The summed E-state index contributed by atoms with van der Waals surface area (Å²) in [6.45, 7) is 2.25. The molecule has 4 heterocycles. The molecule has 0 bridgehead atoms. The molecule has 7 heteroatoms. The Bertz CT molecular complexity index is 1090. The van der Waals surface area contributed by atoms with E-state index in [0.29, 0.717) is 11.8 Å². The molecule has 162 valence electrons. The number of likely N-dealkylation sites (tertiary alicyclic amines) is 1. The summed E-state index contributed by atoms with van der Waals surface area (Å²) in [6, 6.07) is 7.86. The lowest BCUT2D eigenvalue weighted by Crippen LogP contribution is -2.51. The van der Waals surface area contributed by atoms with Crippen LogP contribution in [0.25, 0.3) is 10.9 Å². The van der Waals surface area contributed by atoms with Gasteiger partial charge in [0.05, 0.1) is 5.60 Å². The summed E-state index contributed by atoms with van der Waals surface area (Å²) >= 11 is 0. The number of carbonyl (C=O) groups excluding carboxylic acids is 1. The minimum Gasteiger partial charge on any atom is -0.375 e. The van der Waals surface area contributed by atoms with E-state index in [1.807, 2.05) is 35.4 Å². The minimum atomic E-state index is -0.122.